The van der Waals surface area contributed by atoms with E-state index in [-0.39, 0.29) is 6.61 Å². The number of hydrogen-bond acceptors (Lipinski definition) is 3. The number of H-pyrrole nitrogens is 1. The van der Waals surface area contributed by atoms with Gasteiger partial charge in [0.1, 0.15) is 5.69 Å². The highest BCUT2D eigenvalue weighted by Gasteiger charge is 2.12. The second kappa shape index (κ2) is 3.77. The Bertz CT molecular complexity index is 427. The molecule has 0 fully saturated rings. The zero-order valence-corrected chi connectivity index (χ0v) is 7.99. The summed E-state index contributed by atoms with van der Waals surface area (Å²) in [5.41, 5.74) is 1.76. The molecule has 14 heavy (non-hydrogen) atoms. The van der Waals surface area contributed by atoms with E-state index in [2.05, 4.69) is 15.2 Å². The highest BCUT2D eigenvalue weighted by molar-refractivity contribution is 6.33. The molecular formula is C9H8ClN3O. The lowest BCUT2D eigenvalue weighted by Gasteiger charge is -1.95. The minimum atomic E-state index is -0.154. The molecule has 0 atom stereocenters. The van der Waals surface area contributed by atoms with Crippen LogP contribution in [0.3, 0.4) is 0 Å². The van der Waals surface area contributed by atoms with Crippen molar-refractivity contribution in [1.82, 2.24) is 15.2 Å². The van der Waals surface area contributed by atoms with Crippen LogP contribution in [0.4, 0.5) is 0 Å². The Hall–Kier alpha value is -1.39. The molecule has 2 aromatic heterocycles. The van der Waals surface area contributed by atoms with E-state index in [1.54, 1.807) is 6.20 Å². The average molecular weight is 210 g/mol. The average Bonchev–Trinajstić information content (AvgIpc) is 2.61. The molecule has 0 radical (unpaired) electrons. The van der Waals surface area contributed by atoms with Gasteiger partial charge in [-0.25, -0.2) is 0 Å². The van der Waals surface area contributed by atoms with Crippen molar-refractivity contribution in [3.8, 4) is 11.4 Å². The summed E-state index contributed by atoms with van der Waals surface area (Å²) >= 11 is 5.97. The van der Waals surface area contributed by atoms with Crippen LogP contribution in [0, 0.1) is 0 Å². The molecule has 0 unspecified atom stereocenters. The molecule has 0 bridgehead atoms. The van der Waals surface area contributed by atoms with Gasteiger partial charge in [-0.05, 0) is 12.1 Å². The largest absolute Gasteiger partial charge is 0.390 e. The molecule has 0 aliphatic rings. The van der Waals surface area contributed by atoms with Crippen LogP contribution in [0.15, 0.2) is 24.4 Å². The molecule has 2 rings (SSSR count). The SMILES string of the molecule is OCc1[nH]nc(-c2ccccn2)c1Cl. The van der Waals surface area contributed by atoms with E-state index in [1.807, 2.05) is 18.2 Å². The number of halogens is 1. The molecule has 0 amide bonds. The van der Waals surface area contributed by atoms with Crippen LogP contribution < -0.4 is 0 Å². The topological polar surface area (TPSA) is 61.8 Å². The highest BCUT2D eigenvalue weighted by atomic mass is 35.5. The number of rotatable bonds is 2. The Morgan fingerprint density at radius 2 is 2.29 bits per heavy atom. The van der Waals surface area contributed by atoms with Gasteiger partial charge in [0.25, 0.3) is 0 Å². The molecule has 2 N–H and O–H groups in total. The van der Waals surface area contributed by atoms with Crippen molar-refractivity contribution in [1.29, 1.82) is 0 Å². The predicted octanol–water partition coefficient (Wildman–Crippen LogP) is 1.62. The van der Waals surface area contributed by atoms with Crippen LogP contribution in [-0.2, 0) is 6.61 Å². The normalized spacial score (nSPS) is 10.4. The molecule has 2 heterocycles. The van der Waals surface area contributed by atoms with Gasteiger partial charge in [0.15, 0.2) is 0 Å². The third-order valence-electron chi connectivity index (χ3n) is 1.84. The zero-order chi connectivity index (χ0) is 9.97. The molecule has 0 aromatic carbocycles. The lowest BCUT2D eigenvalue weighted by Crippen LogP contribution is -1.83. The summed E-state index contributed by atoms with van der Waals surface area (Å²) in [5, 5.41) is 16.0. The van der Waals surface area contributed by atoms with Gasteiger partial charge >= 0.3 is 0 Å². The molecule has 4 nitrogen and oxygen atoms in total. The minimum absolute atomic E-state index is 0.154. The van der Waals surface area contributed by atoms with Crippen molar-refractivity contribution >= 4 is 11.6 Å². The third-order valence-corrected chi connectivity index (χ3v) is 2.25. The number of aromatic nitrogens is 3. The summed E-state index contributed by atoms with van der Waals surface area (Å²) < 4.78 is 0. The number of nitrogens with one attached hydrogen (secondary N) is 1. The highest BCUT2D eigenvalue weighted by Crippen LogP contribution is 2.26. The van der Waals surface area contributed by atoms with Crippen molar-refractivity contribution < 1.29 is 5.11 Å². The van der Waals surface area contributed by atoms with Gasteiger partial charge in [0.05, 0.1) is 23.0 Å². The van der Waals surface area contributed by atoms with E-state index < -0.39 is 0 Å². The maximum atomic E-state index is 8.90. The Morgan fingerprint density at radius 3 is 2.86 bits per heavy atom. The number of aromatic amines is 1. The van der Waals surface area contributed by atoms with E-state index >= 15 is 0 Å². The van der Waals surface area contributed by atoms with Crippen molar-refractivity contribution in [2.45, 2.75) is 6.61 Å². The fourth-order valence-corrected chi connectivity index (χ4v) is 1.38. The number of aliphatic hydroxyl groups excluding tert-OH is 1. The Morgan fingerprint density at radius 1 is 1.43 bits per heavy atom. The van der Waals surface area contributed by atoms with Gasteiger partial charge < -0.3 is 5.11 Å². The van der Waals surface area contributed by atoms with Gasteiger partial charge in [-0.15, -0.1) is 0 Å². The molecule has 0 spiro atoms. The monoisotopic (exact) mass is 209 g/mol. The van der Waals surface area contributed by atoms with Crippen LogP contribution >= 0.6 is 11.6 Å². The molecule has 72 valence electrons. The van der Waals surface area contributed by atoms with Crippen molar-refractivity contribution in [2.75, 3.05) is 0 Å². The summed E-state index contributed by atoms with van der Waals surface area (Å²) in [6.07, 6.45) is 1.67. The lowest BCUT2D eigenvalue weighted by molar-refractivity contribution is 0.277. The van der Waals surface area contributed by atoms with E-state index in [9.17, 15) is 0 Å². The van der Waals surface area contributed by atoms with Crippen molar-refractivity contribution in [3.05, 3.63) is 35.1 Å². The fraction of sp³-hybridized carbons (Fsp3) is 0.111. The standard InChI is InChI=1S/C9H8ClN3O/c10-8-7(5-14)12-13-9(8)6-3-1-2-4-11-6/h1-4,14H,5H2,(H,12,13). The molecule has 0 aliphatic carbocycles. The Labute approximate surface area is 85.6 Å². The first-order valence-corrected chi connectivity index (χ1v) is 4.45. The summed E-state index contributed by atoms with van der Waals surface area (Å²) in [6, 6.07) is 5.48. The van der Waals surface area contributed by atoms with Gasteiger partial charge in [-0.1, -0.05) is 17.7 Å². The summed E-state index contributed by atoms with van der Waals surface area (Å²) in [4.78, 5) is 4.11. The van der Waals surface area contributed by atoms with Crippen molar-refractivity contribution in [2.24, 2.45) is 0 Å². The molecule has 2 aromatic rings. The van der Waals surface area contributed by atoms with Gasteiger partial charge in [0.2, 0.25) is 0 Å². The molecule has 5 heteroatoms. The van der Waals surface area contributed by atoms with Gasteiger partial charge in [-0.3, -0.25) is 10.1 Å². The maximum Gasteiger partial charge on any atom is 0.129 e. The number of nitrogens with zero attached hydrogens (tertiary/aromatic N) is 2. The Balaban J connectivity index is 2.48. The first-order chi connectivity index (χ1) is 6.83. The van der Waals surface area contributed by atoms with Gasteiger partial charge in [0, 0.05) is 6.20 Å². The molecule has 0 saturated heterocycles. The summed E-state index contributed by atoms with van der Waals surface area (Å²) in [5.74, 6) is 0. The molecular weight excluding hydrogens is 202 g/mol. The predicted molar refractivity (Wildman–Crippen MR) is 52.8 cm³/mol. The summed E-state index contributed by atoms with van der Waals surface area (Å²) in [7, 11) is 0. The van der Waals surface area contributed by atoms with Gasteiger partial charge in [-0.2, -0.15) is 5.10 Å². The molecule has 0 aliphatic heterocycles. The number of aliphatic hydroxyl groups is 1. The van der Waals surface area contributed by atoms with E-state index in [1.165, 1.54) is 0 Å². The fourth-order valence-electron chi connectivity index (χ4n) is 1.14. The Kier molecular flexibility index (Phi) is 2.47. The smallest absolute Gasteiger partial charge is 0.129 e. The number of pyridine rings is 1. The van der Waals surface area contributed by atoms with Crippen molar-refractivity contribution in [3.63, 3.8) is 0 Å². The number of hydrogen-bond donors (Lipinski definition) is 2. The van der Waals surface area contributed by atoms with Crippen LogP contribution in [0.2, 0.25) is 5.02 Å². The maximum absolute atomic E-state index is 8.90. The first-order valence-electron chi connectivity index (χ1n) is 4.08. The second-order valence-electron chi connectivity index (χ2n) is 2.74. The third kappa shape index (κ3) is 1.49. The summed E-state index contributed by atoms with van der Waals surface area (Å²) in [6.45, 7) is -0.154. The van der Waals surface area contributed by atoms with E-state index in [0.29, 0.717) is 22.1 Å². The molecule has 0 saturated carbocycles. The zero-order valence-electron chi connectivity index (χ0n) is 7.24. The van der Waals surface area contributed by atoms with Crippen LogP contribution in [0.5, 0.6) is 0 Å². The van der Waals surface area contributed by atoms with E-state index in [4.69, 9.17) is 16.7 Å². The second-order valence-corrected chi connectivity index (χ2v) is 3.12. The van der Waals surface area contributed by atoms with Crippen LogP contribution in [0.1, 0.15) is 5.69 Å². The first kappa shape index (κ1) is 9.18. The van der Waals surface area contributed by atoms with Crippen LogP contribution in [0.25, 0.3) is 11.4 Å². The van der Waals surface area contributed by atoms with E-state index in [0.717, 1.165) is 0 Å². The minimum Gasteiger partial charge on any atom is -0.390 e. The van der Waals surface area contributed by atoms with Crippen LogP contribution in [-0.4, -0.2) is 20.3 Å². The quantitative estimate of drug-likeness (QED) is 0.790. The lowest BCUT2D eigenvalue weighted by atomic mass is 10.2.